The predicted octanol–water partition coefficient (Wildman–Crippen LogP) is 3.74. The molecular formula is C22H32N2O4. The molecule has 0 saturated carbocycles. The molecule has 1 aromatic carbocycles. The fraction of sp³-hybridized carbons (Fsp3) is 0.545. The molecule has 6 nitrogen and oxygen atoms in total. The Morgan fingerprint density at radius 2 is 1.93 bits per heavy atom. The lowest BCUT2D eigenvalue weighted by Crippen LogP contribution is -2.48. The average molecular weight is 389 g/mol. The Morgan fingerprint density at radius 3 is 2.46 bits per heavy atom. The third kappa shape index (κ3) is 5.75. The molecule has 0 N–H and O–H groups in total. The number of likely N-dealkylation sites (tertiary alicyclic amines) is 1. The van der Waals surface area contributed by atoms with Gasteiger partial charge in [-0.1, -0.05) is 18.7 Å². The Hall–Kier alpha value is -2.50. The highest BCUT2D eigenvalue weighted by molar-refractivity contribution is 5.79. The third-order valence-electron chi connectivity index (χ3n) is 4.92. The van der Waals surface area contributed by atoms with Crippen molar-refractivity contribution in [2.75, 3.05) is 27.2 Å². The normalized spacial score (nSPS) is 15.1. The molecule has 28 heavy (non-hydrogen) atoms. The first kappa shape index (κ1) is 21.8. The van der Waals surface area contributed by atoms with Crippen LogP contribution >= 0.6 is 0 Å². The largest absolute Gasteiger partial charge is 0.496 e. The zero-order valence-electron chi connectivity index (χ0n) is 17.7. The topological polar surface area (TPSA) is 59.1 Å². The fourth-order valence-electron chi connectivity index (χ4n) is 3.33. The van der Waals surface area contributed by atoms with E-state index in [1.807, 2.05) is 43.9 Å². The number of ether oxygens (including phenoxy) is 2. The maximum atomic E-state index is 12.7. The summed E-state index contributed by atoms with van der Waals surface area (Å²) in [5, 5.41) is 0. The lowest BCUT2D eigenvalue weighted by atomic mass is 10.0. The van der Waals surface area contributed by atoms with Crippen LogP contribution < -0.4 is 4.74 Å². The van der Waals surface area contributed by atoms with Gasteiger partial charge in [0.05, 0.1) is 13.5 Å². The molecule has 1 fully saturated rings. The van der Waals surface area contributed by atoms with Gasteiger partial charge in [0, 0.05) is 31.7 Å². The monoisotopic (exact) mass is 388 g/mol. The van der Waals surface area contributed by atoms with Gasteiger partial charge in [-0.2, -0.15) is 0 Å². The minimum absolute atomic E-state index is 0.0901. The van der Waals surface area contributed by atoms with Crippen LogP contribution in [-0.2, 0) is 16.0 Å². The number of carbonyl (C=O) groups excluding carboxylic acids is 2. The van der Waals surface area contributed by atoms with Gasteiger partial charge in [0.1, 0.15) is 11.4 Å². The Balaban J connectivity index is 1.90. The smallest absolute Gasteiger partial charge is 0.410 e. The highest BCUT2D eigenvalue weighted by atomic mass is 16.6. The van der Waals surface area contributed by atoms with Gasteiger partial charge in [-0.25, -0.2) is 4.79 Å². The SMILES string of the molecule is C=Cc1cc(CC(=O)N2CCC(N(C)C(=O)OC(C)(C)C)CC2)ccc1OC. The van der Waals surface area contributed by atoms with Crippen LogP contribution in [0.1, 0.15) is 44.7 Å². The number of rotatable bonds is 5. The van der Waals surface area contributed by atoms with Crippen molar-refractivity contribution >= 4 is 18.1 Å². The Bertz CT molecular complexity index is 716. The molecule has 0 spiro atoms. The van der Waals surface area contributed by atoms with Gasteiger partial charge in [0.25, 0.3) is 0 Å². The average Bonchev–Trinajstić information content (AvgIpc) is 2.66. The quantitative estimate of drug-likeness (QED) is 0.771. The molecule has 2 amide bonds. The van der Waals surface area contributed by atoms with Gasteiger partial charge in [0.15, 0.2) is 0 Å². The third-order valence-corrected chi connectivity index (χ3v) is 4.92. The van der Waals surface area contributed by atoms with E-state index in [9.17, 15) is 9.59 Å². The minimum Gasteiger partial charge on any atom is -0.496 e. The van der Waals surface area contributed by atoms with E-state index in [4.69, 9.17) is 9.47 Å². The summed E-state index contributed by atoms with van der Waals surface area (Å²) in [5.74, 6) is 0.843. The Labute approximate surface area is 168 Å². The summed E-state index contributed by atoms with van der Waals surface area (Å²) < 4.78 is 10.7. The highest BCUT2D eigenvalue weighted by Crippen LogP contribution is 2.23. The summed E-state index contributed by atoms with van der Waals surface area (Å²) in [7, 11) is 3.38. The first-order chi connectivity index (χ1) is 13.1. The molecule has 6 heteroatoms. The highest BCUT2D eigenvalue weighted by Gasteiger charge is 2.30. The molecule has 0 aliphatic carbocycles. The van der Waals surface area contributed by atoms with Crippen LogP contribution in [0.25, 0.3) is 6.08 Å². The maximum Gasteiger partial charge on any atom is 0.410 e. The number of hydrogen-bond donors (Lipinski definition) is 0. The summed E-state index contributed by atoms with van der Waals surface area (Å²) >= 11 is 0. The molecule has 0 unspecified atom stereocenters. The number of benzene rings is 1. The number of hydrogen-bond acceptors (Lipinski definition) is 4. The van der Waals surface area contributed by atoms with Gasteiger partial charge in [-0.3, -0.25) is 4.79 Å². The van der Waals surface area contributed by atoms with Crippen LogP contribution in [0.15, 0.2) is 24.8 Å². The van der Waals surface area contributed by atoms with Crippen LogP contribution in [0.5, 0.6) is 5.75 Å². The van der Waals surface area contributed by atoms with Crippen molar-refractivity contribution in [1.82, 2.24) is 9.80 Å². The molecule has 1 heterocycles. The van der Waals surface area contributed by atoms with Crippen molar-refractivity contribution in [3.63, 3.8) is 0 Å². The van der Waals surface area contributed by atoms with E-state index in [0.29, 0.717) is 19.5 Å². The van der Waals surface area contributed by atoms with Crippen molar-refractivity contribution in [3.05, 3.63) is 35.9 Å². The lowest BCUT2D eigenvalue weighted by molar-refractivity contribution is -0.131. The molecule has 1 aliphatic rings. The second-order valence-electron chi connectivity index (χ2n) is 8.16. The summed E-state index contributed by atoms with van der Waals surface area (Å²) in [6.07, 6.45) is 3.26. The van der Waals surface area contributed by atoms with E-state index in [-0.39, 0.29) is 18.0 Å². The van der Waals surface area contributed by atoms with Crippen LogP contribution in [0.4, 0.5) is 4.79 Å². The summed E-state index contributed by atoms with van der Waals surface area (Å²) in [6.45, 7) is 10.6. The molecular weight excluding hydrogens is 356 g/mol. The van der Waals surface area contributed by atoms with Gasteiger partial charge in [0.2, 0.25) is 5.91 Å². The second kappa shape index (κ2) is 9.13. The van der Waals surface area contributed by atoms with Crippen LogP contribution in [0, 0.1) is 0 Å². The van der Waals surface area contributed by atoms with Crippen LogP contribution in [0.2, 0.25) is 0 Å². The molecule has 0 radical (unpaired) electrons. The molecule has 2 rings (SSSR count). The number of carbonyl (C=O) groups is 2. The Morgan fingerprint density at radius 1 is 1.29 bits per heavy atom. The summed E-state index contributed by atoms with van der Waals surface area (Å²) in [6, 6.07) is 5.80. The molecule has 1 aliphatic heterocycles. The standard InChI is InChI=1S/C22H32N2O4/c1-7-17-14-16(8-9-19(17)27-6)15-20(25)24-12-10-18(11-13-24)23(5)21(26)28-22(2,3)4/h7-9,14,18H,1,10-13,15H2,2-6H3. The van der Waals surface area contributed by atoms with Crippen molar-refractivity contribution in [2.24, 2.45) is 0 Å². The van der Waals surface area contributed by atoms with E-state index >= 15 is 0 Å². The molecule has 0 atom stereocenters. The van der Waals surface area contributed by atoms with Gasteiger partial charge < -0.3 is 19.3 Å². The van der Waals surface area contributed by atoms with Crippen molar-refractivity contribution in [2.45, 2.75) is 51.7 Å². The van der Waals surface area contributed by atoms with Crippen LogP contribution in [-0.4, -0.2) is 60.7 Å². The zero-order chi connectivity index (χ0) is 20.9. The van der Waals surface area contributed by atoms with Gasteiger partial charge in [-0.05, 0) is 51.3 Å². The first-order valence-corrected chi connectivity index (χ1v) is 9.67. The molecule has 0 bridgehead atoms. The van der Waals surface area contributed by atoms with E-state index in [0.717, 1.165) is 29.7 Å². The number of amides is 2. The molecule has 0 aromatic heterocycles. The van der Waals surface area contributed by atoms with Crippen molar-refractivity contribution in [3.8, 4) is 5.75 Å². The van der Waals surface area contributed by atoms with Crippen molar-refractivity contribution < 1.29 is 19.1 Å². The van der Waals surface area contributed by atoms with Gasteiger partial charge >= 0.3 is 6.09 Å². The number of nitrogens with zero attached hydrogens (tertiary/aromatic N) is 2. The summed E-state index contributed by atoms with van der Waals surface area (Å²) in [5.41, 5.74) is 1.31. The van der Waals surface area contributed by atoms with E-state index in [2.05, 4.69) is 6.58 Å². The molecule has 1 aromatic rings. The second-order valence-corrected chi connectivity index (χ2v) is 8.16. The number of methoxy groups -OCH3 is 1. The van der Waals surface area contributed by atoms with E-state index in [1.54, 1.807) is 25.1 Å². The molecule has 154 valence electrons. The minimum atomic E-state index is -0.509. The number of piperidine rings is 1. The first-order valence-electron chi connectivity index (χ1n) is 9.67. The van der Waals surface area contributed by atoms with E-state index in [1.165, 1.54) is 0 Å². The summed E-state index contributed by atoms with van der Waals surface area (Å²) in [4.78, 5) is 28.4. The van der Waals surface area contributed by atoms with Crippen molar-refractivity contribution in [1.29, 1.82) is 0 Å². The van der Waals surface area contributed by atoms with Crippen LogP contribution in [0.3, 0.4) is 0 Å². The van der Waals surface area contributed by atoms with Gasteiger partial charge in [-0.15, -0.1) is 0 Å². The lowest BCUT2D eigenvalue weighted by Gasteiger charge is -2.37. The molecule has 1 saturated heterocycles. The fourth-order valence-corrected chi connectivity index (χ4v) is 3.33. The zero-order valence-corrected chi connectivity index (χ0v) is 17.7. The predicted molar refractivity (Wildman–Crippen MR) is 110 cm³/mol. The Kier molecular flexibility index (Phi) is 7.11. The van der Waals surface area contributed by atoms with E-state index < -0.39 is 5.60 Å². The maximum absolute atomic E-state index is 12.7.